The molecule has 1 atom stereocenters. The lowest BCUT2D eigenvalue weighted by Gasteiger charge is -2.19. The highest BCUT2D eigenvalue weighted by atomic mass is 79.9. The Bertz CT molecular complexity index is 381. The molecule has 1 aromatic rings. The summed E-state index contributed by atoms with van der Waals surface area (Å²) in [7, 11) is 0. The summed E-state index contributed by atoms with van der Waals surface area (Å²) >= 11 is 3.28. The fourth-order valence-electron chi connectivity index (χ4n) is 2.39. The molecule has 1 nitrogen and oxygen atoms in total. The molecule has 1 N–H and O–H groups in total. The number of hydrogen-bond donors (Lipinski definition) is 1. The summed E-state index contributed by atoms with van der Waals surface area (Å²) in [6.07, 6.45) is 8.70. The van der Waals surface area contributed by atoms with Gasteiger partial charge in [0.2, 0.25) is 0 Å². The van der Waals surface area contributed by atoms with E-state index in [1.807, 2.05) is 12.1 Å². The lowest BCUT2D eigenvalue weighted by molar-refractivity contribution is 0.467. The Kier molecular flexibility index (Phi) is 9.12. The predicted octanol–water partition coefficient (Wildman–Crippen LogP) is 5.99. The van der Waals surface area contributed by atoms with Crippen molar-refractivity contribution >= 4 is 15.9 Å². The molecule has 0 saturated heterocycles. The smallest absolute Gasteiger partial charge is 0.137 e. The van der Waals surface area contributed by atoms with E-state index in [9.17, 15) is 4.39 Å². The zero-order valence-electron chi connectivity index (χ0n) is 12.7. The van der Waals surface area contributed by atoms with Crippen LogP contribution in [0.15, 0.2) is 22.7 Å². The highest BCUT2D eigenvalue weighted by Crippen LogP contribution is 2.25. The first-order valence-corrected chi connectivity index (χ1v) is 8.66. The van der Waals surface area contributed by atoms with E-state index in [2.05, 4.69) is 35.1 Å². The Morgan fingerprint density at radius 1 is 1.10 bits per heavy atom. The maximum absolute atomic E-state index is 13.3. The van der Waals surface area contributed by atoms with E-state index < -0.39 is 0 Å². The molecule has 1 rings (SSSR count). The van der Waals surface area contributed by atoms with Crippen molar-refractivity contribution in [1.29, 1.82) is 0 Å². The highest BCUT2D eigenvalue weighted by molar-refractivity contribution is 9.10. The van der Waals surface area contributed by atoms with Gasteiger partial charge in [-0.2, -0.15) is 0 Å². The Labute approximate surface area is 131 Å². The number of benzene rings is 1. The standard InChI is InChI=1S/C17H27BrFN/c1-3-5-6-7-8-9-17(20-12-4-2)14-10-11-16(19)15(18)13-14/h10-11,13,17,20H,3-9,12H2,1-2H3. The Morgan fingerprint density at radius 3 is 2.50 bits per heavy atom. The van der Waals surface area contributed by atoms with E-state index in [0.29, 0.717) is 10.5 Å². The van der Waals surface area contributed by atoms with Gasteiger partial charge in [0.05, 0.1) is 4.47 Å². The molecule has 1 unspecified atom stereocenters. The lowest BCUT2D eigenvalue weighted by atomic mass is 9.99. The minimum absolute atomic E-state index is 0.189. The average molecular weight is 344 g/mol. The molecule has 1 aromatic carbocycles. The molecule has 3 heteroatoms. The van der Waals surface area contributed by atoms with Crippen LogP contribution in [0.2, 0.25) is 0 Å². The number of unbranched alkanes of at least 4 members (excludes halogenated alkanes) is 4. The highest BCUT2D eigenvalue weighted by Gasteiger charge is 2.12. The zero-order valence-corrected chi connectivity index (χ0v) is 14.3. The van der Waals surface area contributed by atoms with Gasteiger partial charge in [0.25, 0.3) is 0 Å². The minimum Gasteiger partial charge on any atom is -0.310 e. The summed E-state index contributed by atoms with van der Waals surface area (Å²) in [5.74, 6) is -0.189. The van der Waals surface area contributed by atoms with Crippen LogP contribution in [0.1, 0.15) is 70.4 Å². The van der Waals surface area contributed by atoms with Crippen LogP contribution >= 0.6 is 15.9 Å². The van der Waals surface area contributed by atoms with E-state index in [1.165, 1.54) is 37.7 Å². The van der Waals surface area contributed by atoms with Crippen LogP contribution in [-0.4, -0.2) is 6.54 Å². The minimum atomic E-state index is -0.189. The van der Waals surface area contributed by atoms with Gasteiger partial charge < -0.3 is 5.32 Å². The number of halogens is 2. The molecule has 0 aliphatic rings. The van der Waals surface area contributed by atoms with Crippen molar-refractivity contribution in [2.75, 3.05) is 6.54 Å². The van der Waals surface area contributed by atoms with Gasteiger partial charge in [0, 0.05) is 6.04 Å². The van der Waals surface area contributed by atoms with Crippen molar-refractivity contribution in [3.05, 3.63) is 34.1 Å². The van der Waals surface area contributed by atoms with Crippen LogP contribution in [0.4, 0.5) is 4.39 Å². The second-order valence-corrected chi connectivity index (χ2v) is 6.24. The molecular weight excluding hydrogens is 317 g/mol. The molecule has 0 aliphatic heterocycles. The van der Waals surface area contributed by atoms with Crippen LogP contribution in [0, 0.1) is 5.82 Å². The van der Waals surface area contributed by atoms with Crippen LogP contribution in [-0.2, 0) is 0 Å². The normalized spacial score (nSPS) is 12.6. The first-order valence-electron chi connectivity index (χ1n) is 7.87. The summed E-state index contributed by atoms with van der Waals surface area (Å²) in [5.41, 5.74) is 1.18. The molecule has 0 aliphatic carbocycles. The zero-order chi connectivity index (χ0) is 14.8. The van der Waals surface area contributed by atoms with Gasteiger partial charge in [0.15, 0.2) is 0 Å². The van der Waals surface area contributed by atoms with Crippen molar-refractivity contribution < 1.29 is 4.39 Å². The Morgan fingerprint density at radius 2 is 1.85 bits per heavy atom. The van der Waals surface area contributed by atoms with Gasteiger partial charge in [-0.05, 0) is 53.0 Å². The van der Waals surface area contributed by atoms with E-state index in [4.69, 9.17) is 0 Å². The predicted molar refractivity (Wildman–Crippen MR) is 88.5 cm³/mol. The van der Waals surface area contributed by atoms with Crippen LogP contribution < -0.4 is 5.32 Å². The van der Waals surface area contributed by atoms with Crippen LogP contribution in [0.3, 0.4) is 0 Å². The summed E-state index contributed by atoms with van der Waals surface area (Å²) < 4.78 is 13.9. The molecule has 0 aromatic heterocycles. The summed E-state index contributed by atoms with van der Waals surface area (Å²) in [6, 6.07) is 5.71. The maximum atomic E-state index is 13.3. The quantitative estimate of drug-likeness (QED) is 0.514. The monoisotopic (exact) mass is 343 g/mol. The first kappa shape index (κ1) is 17.6. The van der Waals surface area contributed by atoms with Crippen molar-refractivity contribution in [1.82, 2.24) is 5.32 Å². The number of rotatable bonds is 10. The van der Waals surface area contributed by atoms with Gasteiger partial charge in [0.1, 0.15) is 5.82 Å². The van der Waals surface area contributed by atoms with Gasteiger partial charge in [-0.3, -0.25) is 0 Å². The molecule has 0 amide bonds. The molecule has 0 fully saturated rings. The van der Waals surface area contributed by atoms with Gasteiger partial charge in [-0.25, -0.2) is 4.39 Å². The first-order chi connectivity index (χ1) is 9.69. The SMILES string of the molecule is CCCCCCCC(NCCC)c1ccc(F)c(Br)c1. The molecule has 20 heavy (non-hydrogen) atoms. The van der Waals surface area contributed by atoms with E-state index in [0.717, 1.165) is 19.4 Å². The molecule has 114 valence electrons. The van der Waals surface area contributed by atoms with Crippen LogP contribution in [0.25, 0.3) is 0 Å². The number of hydrogen-bond acceptors (Lipinski definition) is 1. The lowest BCUT2D eigenvalue weighted by Crippen LogP contribution is -2.22. The van der Waals surface area contributed by atoms with Gasteiger partial charge >= 0.3 is 0 Å². The second kappa shape index (κ2) is 10.3. The fraction of sp³-hybridized carbons (Fsp3) is 0.647. The van der Waals surface area contributed by atoms with Crippen molar-refractivity contribution in [2.45, 2.75) is 64.8 Å². The molecule has 0 saturated carbocycles. The second-order valence-electron chi connectivity index (χ2n) is 5.38. The van der Waals surface area contributed by atoms with Crippen molar-refractivity contribution in [2.24, 2.45) is 0 Å². The number of nitrogens with one attached hydrogen (secondary N) is 1. The third-order valence-corrected chi connectivity index (χ3v) is 4.19. The molecule has 0 spiro atoms. The molecule has 0 radical (unpaired) electrons. The van der Waals surface area contributed by atoms with Gasteiger partial charge in [-0.15, -0.1) is 0 Å². The molecular formula is C17H27BrFN. The third kappa shape index (κ3) is 6.36. The maximum Gasteiger partial charge on any atom is 0.137 e. The van der Waals surface area contributed by atoms with Crippen molar-refractivity contribution in [3.8, 4) is 0 Å². The Balaban J connectivity index is 2.55. The molecule has 0 heterocycles. The largest absolute Gasteiger partial charge is 0.310 e. The van der Waals surface area contributed by atoms with Crippen LogP contribution in [0.5, 0.6) is 0 Å². The fourth-order valence-corrected chi connectivity index (χ4v) is 2.78. The molecule has 0 bridgehead atoms. The van der Waals surface area contributed by atoms with E-state index in [-0.39, 0.29) is 5.82 Å². The van der Waals surface area contributed by atoms with E-state index >= 15 is 0 Å². The average Bonchev–Trinajstić information content (AvgIpc) is 2.45. The Hall–Kier alpha value is -0.410. The van der Waals surface area contributed by atoms with E-state index in [1.54, 1.807) is 6.07 Å². The van der Waals surface area contributed by atoms with Crippen molar-refractivity contribution in [3.63, 3.8) is 0 Å². The van der Waals surface area contributed by atoms with Gasteiger partial charge in [-0.1, -0.05) is 52.0 Å². The topological polar surface area (TPSA) is 12.0 Å². The third-order valence-electron chi connectivity index (χ3n) is 3.58. The summed E-state index contributed by atoms with van der Waals surface area (Å²) in [6.45, 7) is 5.42. The summed E-state index contributed by atoms with van der Waals surface area (Å²) in [4.78, 5) is 0. The summed E-state index contributed by atoms with van der Waals surface area (Å²) in [5, 5.41) is 3.58.